The summed E-state index contributed by atoms with van der Waals surface area (Å²) in [5.41, 5.74) is 22.7. The van der Waals surface area contributed by atoms with Crippen molar-refractivity contribution in [1.29, 1.82) is 0 Å². The molecule has 11 aromatic rings. The van der Waals surface area contributed by atoms with Crippen molar-refractivity contribution in [3.8, 4) is 22.3 Å². The summed E-state index contributed by atoms with van der Waals surface area (Å²) in [4.78, 5) is 15.5. The molecule has 0 saturated heterocycles. The van der Waals surface area contributed by atoms with E-state index in [-0.39, 0.29) is 13.4 Å². The summed E-state index contributed by atoms with van der Waals surface area (Å²) in [7, 11) is 0. The van der Waals surface area contributed by atoms with Crippen LogP contribution in [0, 0.1) is 13.8 Å². The number of aryl methyl sites for hydroxylation is 2. The summed E-state index contributed by atoms with van der Waals surface area (Å²) in [5.74, 6) is 0. The van der Waals surface area contributed by atoms with E-state index in [4.69, 9.17) is 0 Å². The Hall–Kier alpha value is -7.45. The second-order valence-electron chi connectivity index (χ2n) is 20.2. The van der Waals surface area contributed by atoms with Crippen LogP contribution in [0.3, 0.4) is 0 Å². The van der Waals surface area contributed by atoms with E-state index in [1.807, 2.05) is 47.0 Å². The maximum Gasteiger partial charge on any atom is 0.247 e. The number of hydrogen-bond acceptors (Lipinski definition) is 6. The molecule has 0 unspecified atom stereocenters. The lowest BCUT2D eigenvalue weighted by Gasteiger charge is -2.38. The maximum atomic E-state index is 2.64. The van der Waals surface area contributed by atoms with Crippen LogP contribution in [-0.2, 0) is 0 Å². The number of para-hydroxylation sites is 2. The molecule has 15 rings (SSSR count). The Morgan fingerprint density at radius 3 is 0.987 bits per heavy atom. The number of nitrogens with zero attached hydrogens (tertiary/aromatic N) is 2. The monoisotopic (exact) mass is 1040 g/mol. The van der Waals surface area contributed by atoms with Crippen LogP contribution in [0.25, 0.3) is 22.3 Å². The molecule has 358 valence electrons. The molecule has 0 bridgehead atoms. The Labute approximate surface area is 462 Å². The van der Waals surface area contributed by atoms with Gasteiger partial charge in [-0.15, -0.1) is 0 Å². The van der Waals surface area contributed by atoms with E-state index in [1.165, 1.54) is 105 Å². The Morgan fingerprint density at radius 1 is 0.250 bits per heavy atom. The summed E-state index contributed by atoms with van der Waals surface area (Å²) < 4.78 is 0. The molecule has 0 atom stereocenters. The molecule has 0 N–H and O–H groups in total. The minimum atomic E-state index is 0.0961. The largest absolute Gasteiger partial charge is 0.310 e. The number of anilines is 6. The van der Waals surface area contributed by atoms with E-state index < -0.39 is 0 Å². The maximum absolute atomic E-state index is 2.64. The Kier molecular flexibility index (Phi) is 11.3. The quantitative estimate of drug-likeness (QED) is 0.139. The van der Waals surface area contributed by atoms with Gasteiger partial charge in [-0.05, 0) is 138 Å². The predicted octanol–water partition coefficient (Wildman–Crippen LogP) is 15.5. The Morgan fingerprint density at radius 2 is 0.592 bits per heavy atom. The molecular weight excluding hydrogens is 995 g/mol. The first kappa shape index (κ1) is 45.9. The summed E-state index contributed by atoms with van der Waals surface area (Å²) in [5, 5.41) is 0. The summed E-state index contributed by atoms with van der Waals surface area (Å²) in [6.07, 6.45) is 0. The van der Waals surface area contributed by atoms with Crippen molar-refractivity contribution in [2.24, 2.45) is 0 Å². The van der Waals surface area contributed by atoms with Crippen LogP contribution in [-0.4, -0.2) is 13.4 Å². The summed E-state index contributed by atoms with van der Waals surface area (Å²) in [6, 6.07) is 90.6. The summed E-state index contributed by atoms with van der Waals surface area (Å²) in [6.45, 7) is 4.65. The van der Waals surface area contributed by atoms with Gasteiger partial charge >= 0.3 is 0 Å². The Bertz CT molecular complexity index is 3850. The van der Waals surface area contributed by atoms with Crippen LogP contribution in [0.1, 0.15) is 11.1 Å². The number of benzene rings is 11. The average Bonchev–Trinajstić information content (AvgIpc) is 3.64. The van der Waals surface area contributed by atoms with Crippen LogP contribution < -0.4 is 42.6 Å². The van der Waals surface area contributed by atoms with Crippen LogP contribution in [0.4, 0.5) is 34.1 Å². The van der Waals surface area contributed by atoms with Crippen molar-refractivity contribution in [1.82, 2.24) is 0 Å². The van der Waals surface area contributed by atoms with Crippen LogP contribution in [0.5, 0.6) is 0 Å². The van der Waals surface area contributed by atoms with E-state index in [1.54, 1.807) is 0 Å². The zero-order chi connectivity index (χ0) is 50.4. The fourth-order valence-electron chi connectivity index (χ4n) is 11.9. The molecule has 0 fully saturated rings. The first-order valence-electron chi connectivity index (χ1n) is 25.9. The van der Waals surface area contributed by atoms with Crippen molar-refractivity contribution in [2.45, 2.75) is 53.0 Å². The van der Waals surface area contributed by atoms with Crippen LogP contribution >= 0.6 is 47.0 Å². The molecule has 0 saturated carbocycles. The molecular formula is C68H46B2N2S4. The molecule has 0 aliphatic carbocycles. The minimum absolute atomic E-state index is 0.0961. The lowest BCUT2D eigenvalue weighted by atomic mass is 9.33. The lowest BCUT2D eigenvalue weighted by molar-refractivity contribution is 1.22. The van der Waals surface area contributed by atoms with Gasteiger partial charge < -0.3 is 9.80 Å². The van der Waals surface area contributed by atoms with E-state index in [9.17, 15) is 0 Å². The van der Waals surface area contributed by atoms with E-state index in [0.717, 1.165) is 34.1 Å². The van der Waals surface area contributed by atoms with E-state index >= 15 is 0 Å². The highest BCUT2D eigenvalue weighted by Gasteiger charge is 2.44. The van der Waals surface area contributed by atoms with E-state index in [2.05, 4.69) is 266 Å². The second-order valence-corrected chi connectivity index (χ2v) is 24.5. The van der Waals surface area contributed by atoms with Crippen molar-refractivity contribution in [3.63, 3.8) is 0 Å². The SMILES string of the molecule is Cc1ccc2c(c1)Sc1cc(N(c3ccccc3)c3cccc(-c4ccccc4)c3)cc3c1B2c1cc2c(cc1S3)Sc1cc(N(c3ccccc3)c3cccc(-c4ccccc4)c3)cc3c1B2c1ccc(C)cc1S3. The third-order valence-corrected chi connectivity index (χ3v) is 19.9. The number of fused-ring (bicyclic) bond motifs is 8. The number of hydrogen-bond donors (Lipinski definition) is 0. The van der Waals surface area contributed by atoms with Gasteiger partial charge in [0.05, 0.1) is 0 Å². The molecule has 4 aliphatic rings. The number of rotatable bonds is 8. The highest BCUT2D eigenvalue weighted by Crippen LogP contribution is 2.48. The highest BCUT2D eigenvalue weighted by atomic mass is 32.2. The van der Waals surface area contributed by atoms with Gasteiger partial charge in [0, 0.05) is 73.3 Å². The minimum Gasteiger partial charge on any atom is -0.310 e. The normalized spacial score (nSPS) is 13.1. The second kappa shape index (κ2) is 18.7. The van der Waals surface area contributed by atoms with Gasteiger partial charge in [0.2, 0.25) is 13.4 Å². The zero-order valence-corrected chi connectivity index (χ0v) is 45.0. The molecule has 76 heavy (non-hydrogen) atoms. The average molecular weight is 1040 g/mol. The van der Waals surface area contributed by atoms with Gasteiger partial charge in [-0.25, -0.2) is 0 Å². The van der Waals surface area contributed by atoms with Gasteiger partial charge in [0.25, 0.3) is 0 Å². The van der Waals surface area contributed by atoms with Crippen LogP contribution in [0.2, 0.25) is 0 Å². The summed E-state index contributed by atoms with van der Waals surface area (Å²) >= 11 is 7.78. The third-order valence-electron chi connectivity index (χ3n) is 15.3. The van der Waals surface area contributed by atoms with Crippen molar-refractivity contribution < 1.29 is 0 Å². The molecule has 11 aromatic carbocycles. The third kappa shape index (κ3) is 7.88. The first-order valence-corrected chi connectivity index (χ1v) is 29.2. The molecule has 4 aliphatic heterocycles. The molecule has 0 aromatic heterocycles. The fourth-order valence-corrected chi connectivity index (χ4v) is 17.2. The molecule has 2 nitrogen and oxygen atoms in total. The predicted molar refractivity (Wildman–Crippen MR) is 328 cm³/mol. The van der Waals surface area contributed by atoms with Crippen LogP contribution in [0.15, 0.2) is 282 Å². The van der Waals surface area contributed by atoms with Crippen molar-refractivity contribution >= 4 is 127 Å². The first-order chi connectivity index (χ1) is 37.5. The van der Waals surface area contributed by atoms with E-state index in [0.29, 0.717) is 0 Å². The molecule has 0 amide bonds. The van der Waals surface area contributed by atoms with Gasteiger partial charge in [-0.1, -0.05) is 232 Å². The van der Waals surface area contributed by atoms with Gasteiger partial charge in [-0.2, -0.15) is 0 Å². The van der Waals surface area contributed by atoms with Crippen molar-refractivity contribution in [3.05, 3.63) is 254 Å². The standard InChI is InChI=1S/C68H46B2N2S4/c1-43-29-31-55-59(33-43)73-63-37-53(71(49-23-11-5-12-24-49)51-27-15-21-47(35-51)45-17-7-3-8-18-45)39-65-67(63)69(55)57-41-58-62(42-61(57)75-65)76-66-40-54(38-64-68(66)70(58)56-32-30-44(2)34-60(56)74-64)72(50-25-13-6-14-26-50)52-28-16-22-48(36-52)46-19-9-4-10-20-46/h3-42H,1-2H3. The highest BCUT2D eigenvalue weighted by molar-refractivity contribution is 8.02. The molecule has 0 spiro atoms. The van der Waals surface area contributed by atoms with Gasteiger partial charge in [0.1, 0.15) is 0 Å². The molecule has 8 heteroatoms. The topological polar surface area (TPSA) is 6.48 Å². The smallest absolute Gasteiger partial charge is 0.247 e. The van der Waals surface area contributed by atoms with Gasteiger partial charge in [0.15, 0.2) is 0 Å². The zero-order valence-electron chi connectivity index (χ0n) is 41.8. The lowest BCUT2D eigenvalue weighted by Crippen LogP contribution is -2.62. The van der Waals surface area contributed by atoms with Crippen molar-refractivity contribution in [2.75, 3.05) is 9.80 Å². The molecule has 4 heterocycles. The van der Waals surface area contributed by atoms with Gasteiger partial charge in [-0.3, -0.25) is 0 Å². The molecule has 0 radical (unpaired) electrons. The fraction of sp³-hybridized carbons (Fsp3) is 0.0294. The Balaban J connectivity index is 0.900.